The molecule has 0 saturated carbocycles. The molecular formula is C14H24N2O3. The van der Waals surface area contributed by atoms with Crippen LogP contribution in [0.25, 0.3) is 0 Å². The molecule has 5 heteroatoms. The van der Waals surface area contributed by atoms with Gasteiger partial charge >= 0.3 is 5.97 Å². The van der Waals surface area contributed by atoms with Crippen LogP contribution >= 0.6 is 0 Å². The highest BCUT2D eigenvalue weighted by atomic mass is 16.4. The maximum absolute atomic E-state index is 12.6. The van der Waals surface area contributed by atoms with Crippen LogP contribution in [0.2, 0.25) is 0 Å². The molecule has 108 valence electrons. The van der Waals surface area contributed by atoms with E-state index in [1.54, 1.807) is 4.90 Å². The van der Waals surface area contributed by atoms with Gasteiger partial charge in [-0.1, -0.05) is 13.3 Å². The first-order chi connectivity index (χ1) is 9.12. The molecule has 2 heterocycles. The molecule has 0 aromatic heterocycles. The standard InChI is InChI=1S/C14H24N2O3/c1-2-6-14(13(18)19)7-4-9-16(14)12(17)11-5-3-8-15-10-11/h11,15H,2-10H2,1H3,(H,18,19)/t11-,14?/m1/s1. The molecule has 0 radical (unpaired) electrons. The number of aliphatic carboxylic acids is 1. The van der Waals surface area contributed by atoms with Gasteiger partial charge in [-0.3, -0.25) is 4.79 Å². The average Bonchev–Trinajstić information content (AvgIpc) is 2.84. The fourth-order valence-electron chi connectivity index (χ4n) is 3.49. The molecule has 2 N–H and O–H groups in total. The summed E-state index contributed by atoms with van der Waals surface area (Å²) in [5.74, 6) is -0.827. The van der Waals surface area contributed by atoms with Crippen LogP contribution in [0.15, 0.2) is 0 Å². The summed E-state index contributed by atoms with van der Waals surface area (Å²) in [7, 11) is 0. The molecule has 19 heavy (non-hydrogen) atoms. The molecule has 2 saturated heterocycles. The molecule has 1 unspecified atom stereocenters. The predicted molar refractivity (Wildman–Crippen MR) is 71.8 cm³/mol. The van der Waals surface area contributed by atoms with Crippen LogP contribution in [0.5, 0.6) is 0 Å². The van der Waals surface area contributed by atoms with E-state index in [0.717, 1.165) is 32.2 Å². The molecule has 0 aromatic carbocycles. The Kier molecular flexibility index (Phi) is 4.45. The van der Waals surface area contributed by atoms with Crippen LogP contribution in [0.3, 0.4) is 0 Å². The summed E-state index contributed by atoms with van der Waals surface area (Å²) in [6.07, 6.45) is 4.63. The Morgan fingerprint density at radius 3 is 2.79 bits per heavy atom. The van der Waals surface area contributed by atoms with E-state index in [1.165, 1.54) is 0 Å². The van der Waals surface area contributed by atoms with Gasteiger partial charge in [-0.05, 0) is 38.6 Å². The number of carboxylic acids is 1. The van der Waals surface area contributed by atoms with E-state index in [0.29, 0.717) is 25.9 Å². The number of carbonyl (C=O) groups is 2. The lowest BCUT2D eigenvalue weighted by atomic mass is 9.88. The third-order valence-electron chi connectivity index (χ3n) is 4.46. The van der Waals surface area contributed by atoms with Gasteiger partial charge in [0.2, 0.25) is 5.91 Å². The van der Waals surface area contributed by atoms with Gasteiger partial charge in [-0.15, -0.1) is 0 Å². The minimum atomic E-state index is -0.941. The Balaban J connectivity index is 2.16. The first kappa shape index (κ1) is 14.3. The average molecular weight is 268 g/mol. The Hall–Kier alpha value is -1.10. The second-order valence-corrected chi connectivity index (χ2v) is 5.72. The summed E-state index contributed by atoms with van der Waals surface area (Å²) in [5, 5.41) is 12.8. The van der Waals surface area contributed by atoms with Gasteiger partial charge in [0.05, 0.1) is 5.92 Å². The molecule has 2 aliphatic heterocycles. The van der Waals surface area contributed by atoms with Crippen LogP contribution < -0.4 is 5.32 Å². The van der Waals surface area contributed by atoms with E-state index < -0.39 is 11.5 Å². The number of nitrogens with zero attached hydrogens (tertiary/aromatic N) is 1. The predicted octanol–water partition coefficient (Wildman–Crippen LogP) is 1.23. The molecule has 5 nitrogen and oxygen atoms in total. The quantitative estimate of drug-likeness (QED) is 0.804. The maximum Gasteiger partial charge on any atom is 0.329 e. The summed E-state index contributed by atoms with van der Waals surface area (Å²) < 4.78 is 0. The van der Waals surface area contributed by atoms with Crippen molar-refractivity contribution in [1.29, 1.82) is 0 Å². The third-order valence-corrected chi connectivity index (χ3v) is 4.46. The zero-order valence-corrected chi connectivity index (χ0v) is 11.7. The topological polar surface area (TPSA) is 69.6 Å². The van der Waals surface area contributed by atoms with Gasteiger partial charge in [-0.2, -0.15) is 0 Å². The van der Waals surface area contributed by atoms with Crippen molar-refractivity contribution < 1.29 is 14.7 Å². The number of hydrogen-bond acceptors (Lipinski definition) is 3. The molecule has 2 fully saturated rings. The van der Waals surface area contributed by atoms with Crippen LogP contribution in [0, 0.1) is 5.92 Å². The number of piperidine rings is 1. The van der Waals surface area contributed by atoms with Crippen molar-refractivity contribution in [2.75, 3.05) is 19.6 Å². The second kappa shape index (κ2) is 5.90. The van der Waals surface area contributed by atoms with Crippen LogP contribution in [0.4, 0.5) is 0 Å². The summed E-state index contributed by atoms with van der Waals surface area (Å²) in [4.78, 5) is 26.0. The first-order valence-corrected chi connectivity index (χ1v) is 7.37. The van der Waals surface area contributed by atoms with Gasteiger partial charge in [0.15, 0.2) is 0 Å². The summed E-state index contributed by atoms with van der Waals surface area (Å²) in [6, 6.07) is 0. The van der Waals surface area contributed by atoms with Crippen molar-refractivity contribution in [1.82, 2.24) is 10.2 Å². The molecule has 0 bridgehead atoms. The Morgan fingerprint density at radius 1 is 1.42 bits per heavy atom. The van der Waals surface area contributed by atoms with Gasteiger partial charge in [0.25, 0.3) is 0 Å². The molecule has 2 rings (SSSR count). The lowest BCUT2D eigenvalue weighted by Gasteiger charge is -2.37. The maximum atomic E-state index is 12.6. The van der Waals surface area contributed by atoms with E-state index in [4.69, 9.17) is 0 Å². The largest absolute Gasteiger partial charge is 0.479 e. The van der Waals surface area contributed by atoms with E-state index in [-0.39, 0.29) is 11.8 Å². The monoisotopic (exact) mass is 268 g/mol. The van der Waals surface area contributed by atoms with Gasteiger partial charge < -0.3 is 15.3 Å². The second-order valence-electron chi connectivity index (χ2n) is 5.72. The van der Waals surface area contributed by atoms with Gasteiger partial charge in [-0.25, -0.2) is 4.79 Å². The van der Waals surface area contributed by atoms with Crippen LogP contribution in [-0.2, 0) is 9.59 Å². The number of likely N-dealkylation sites (tertiary alicyclic amines) is 1. The molecule has 0 aliphatic carbocycles. The minimum absolute atomic E-state index is 0.0394. The van der Waals surface area contributed by atoms with Crippen molar-refractivity contribution in [3.8, 4) is 0 Å². The van der Waals surface area contributed by atoms with Crippen molar-refractivity contribution in [3.05, 3.63) is 0 Å². The number of carbonyl (C=O) groups excluding carboxylic acids is 1. The Bertz CT molecular complexity index is 353. The van der Waals surface area contributed by atoms with Gasteiger partial charge in [0, 0.05) is 13.1 Å². The summed E-state index contributed by atoms with van der Waals surface area (Å²) in [5.41, 5.74) is -0.941. The highest BCUT2D eigenvalue weighted by Crippen LogP contribution is 2.35. The first-order valence-electron chi connectivity index (χ1n) is 7.37. The SMILES string of the molecule is CCCC1(C(=O)O)CCCN1C(=O)[C@@H]1CCCNC1. The highest BCUT2D eigenvalue weighted by molar-refractivity contribution is 5.89. The van der Waals surface area contributed by atoms with Crippen LogP contribution in [-0.4, -0.2) is 47.1 Å². The van der Waals surface area contributed by atoms with E-state index in [1.807, 2.05) is 6.92 Å². The normalized spacial score (nSPS) is 31.4. The number of hydrogen-bond donors (Lipinski definition) is 2. The number of amides is 1. The number of rotatable bonds is 4. The summed E-state index contributed by atoms with van der Waals surface area (Å²) >= 11 is 0. The van der Waals surface area contributed by atoms with E-state index in [9.17, 15) is 14.7 Å². The third kappa shape index (κ3) is 2.61. The molecule has 0 spiro atoms. The van der Waals surface area contributed by atoms with Gasteiger partial charge in [0.1, 0.15) is 5.54 Å². The minimum Gasteiger partial charge on any atom is -0.479 e. The van der Waals surface area contributed by atoms with Crippen molar-refractivity contribution in [2.45, 2.75) is 51.0 Å². The fraction of sp³-hybridized carbons (Fsp3) is 0.857. The lowest BCUT2D eigenvalue weighted by molar-refractivity contribution is -0.159. The number of nitrogens with one attached hydrogen (secondary N) is 1. The molecule has 0 aromatic rings. The summed E-state index contributed by atoms with van der Waals surface area (Å²) in [6.45, 7) is 4.23. The molecule has 2 aliphatic rings. The fourth-order valence-corrected chi connectivity index (χ4v) is 3.49. The molecule has 2 atom stereocenters. The van der Waals surface area contributed by atoms with Crippen molar-refractivity contribution >= 4 is 11.9 Å². The zero-order valence-electron chi connectivity index (χ0n) is 11.7. The van der Waals surface area contributed by atoms with E-state index in [2.05, 4.69) is 5.32 Å². The number of carboxylic acid groups (broad SMARTS) is 1. The smallest absolute Gasteiger partial charge is 0.329 e. The Morgan fingerprint density at radius 2 is 2.21 bits per heavy atom. The molecule has 1 amide bonds. The van der Waals surface area contributed by atoms with Crippen molar-refractivity contribution in [3.63, 3.8) is 0 Å². The zero-order chi connectivity index (χ0) is 13.9. The highest BCUT2D eigenvalue weighted by Gasteiger charge is 2.50. The van der Waals surface area contributed by atoms with Crippen molar-refractivity contribution in [2.24, 2.45) is 5.92 Å². The Labute approximate surface area is 114 Å². The van der Waals surface area contributed by atoms with E-state index >= 15 is 0 Å². The lowest BCUT2D eigenvalue weighted by Crippen LogP contribution is -2.56. The molecular weight excluding hydrogens is 244 g/mol. The van der Waals surface area contributed by atoms with Crippen LogP contribution in [0.1, 0.15) is 45.4 Å².